The molecule has 9 unspecified atom stereocenters. The molecular formula is C69H116AlF16P. The molecule has 87 heavy (non-hydrogen) atoms. The van der Waals surface area contributed by atoms with Crippen molar-refractivity contribution < 1.29 is 70.2 Å². The summed E-state index contributed by atoms with van der Waals surface area (Å²) >= 11 is -1.85. The first-order valence-corrected chi connectivity index (χ1v) is 38.6. The van der Waals surface area contributed by atoms with Crippen LogP contribution in [0, 0.1) is 101 Å². The van der Waals surface area contributed by atoms with E-state index in [-0.39, 0.29) is 6.16 Å². The van der Waals surface area contributed by atoms with Gasteiger partial charge in [0.15, 0.2) is 40.7 Å². The van der Waals surface area contributed by atoms with E-state index in [0.29, 0.717) is 13.3 Å². The van der Waals surface area contributed by atoms with Gasteiger partial charge in [-0.15, -0.1) is 0 Å². The van der Waals surface area contributed by atoms with Crippen LogP contribution < -0.4 is 0 Å². The highest BCUT2D eigenvalue weighted by molar-refractivity contribution is 7.39. The SMILES string of the molecule is CCCC(CC)CCC(C)[CH2][Al-]([CH2]C(C)CCC(CC)CCC)([CH2]C(C)CCC(CC)CCC)[CH2]C(C)CCC(CC)CCC.CCCCCCCCC[PH2+]C(F)(F)C(F)(F)F.Cc1c(F)c(F)c(F)c(C(F)(F)F)c1-c1c(F)c(F)c(F)c(F)c1F. The first kappa shape index (κ1) is 85.3. The fourth-order valence-electron chi connectivity index (χ4n) is 14.1. The second kappa shape index (κ2) is 44.0. The molecule has 0 aliphatic carbocycles. The maximum atomic E-state index is 13.8. The Morgan fingerprint density at radius 2 is 0.644 bits per heavy atom. The van der Waals surface area contributed by atoms with Gasteiger partial charge < -0.3 is 0 Å². The first-order chi connectivity index (χ1) is 40.7. The normalized spacial score (nSPS) is 15.9. The van der Waals surface area contributed by atoms with Gasteiger partial charge in [-0.25, -0.2) is 35.1 Å². The molecule has 0 bridgehead atoms. The van der Waals surface area contributed by atoms with Crippen LogP contribution in [-0.4, -0.2) is 31.1 Å². The molecule has 0 fully saturated rings. The van der Waals surface area contributed by atoms with Gasteiger partial charge in [-0.2, -0.15) is 56.3 Å². The van der Waals surface area contributed by atoms with E-state index in [1.54, 1.807) is 21.1 Å². The van der Waals surface area contributed by atoms with Crippen LogP contribution in [0.4, 0.5) is 70.2 Å². The Morgan fingerprint density at radius 3 is 0.931 bits per heavy atom. The van der Waals surface area contributed by atoms with Crippen LogP contribution >= 0.6 is 8.58 Å². The van der Waals surface area contributed by atoms with Crippen molar-refractivity contribution in [2.45, 2.75) is 309 Å². The van der Waals surface area contributed by atoms with Gasteiger partial charge >= 0.3 is 18.0 Å². The molecule has 0 aliphatic heterocycles. The molecule has 0 N–H and O–H groups in total. The van der Waals surface area contributed by atoms with Crippen LogP contribution in [0.1, 0.15) is 274 Å². The van der Waals surface area contributed by atoms with Gasteiger partial charge in [0.2, 0.25) is 5.82 Å². The van der Waals surface area contributed by atoms with Crippen LogP contribution in [0.15, 0.2) is 0 Å². The highest BCUT2D eigenvalue weighted by atomic mass is 31.1. The number of rotatable bonds is 42. The van der Waals surface area contributed by atoms with Crippen LogP contribution in [0.3, 0.4) is 0 Å². The van der Waals surface area contributed by atoms with Gasteiger partial charge in [0.25, 0.3) is 0 Å². The van der Waals surface area contributed by atoms with Gasteiger partial charge in [0.05, 0.1) is 20.3 Å². The smallest absolute Gasteiger partial charge is 0.203 e. The summed E-state index contributed by atoms with van der Waals surface area (Å²) in [5, 5.41) is 6.61. The van der Waals surface area contributed by atoms with E-state index in [0.717, 1.165) is 85.9 Å². The third-order valence-electron chi connectivity index (χ3n) is 18.9. The average Bonchev–Trinajstić information content (AvgIpc) is 1.02. The standard InChI is InChI=1S/C14H3F11.C11H20F5P.4C11H23.Al/c1-2-3(4-7(16)11(20)13(22)12(21)8(4)17)5(14(23,24)25)9(18)10(19)6(2)15;1-2-3-4-5-6-7-8-9-17-11(15,16)10(12,13)14;4*1-5-7-11(6-2)9-8-10(3)4;/h1H3;17H,2-9H2,1H3;4*10-11H,3,5-9H2,1-2,4H3;/q;;;;;;-1/p+1. The molecule has 0 saturated heterocycles. The maximum Gasteiger partial charge on any atom is 0.493 e. The zero-order chi connectivity index (χ0) is 66.9. The summed E-state index contributed by atoms with van der Waals surface area (Å²) in [5.74, 6) is -13.6. The average molecular weight is 1310 g/mol. The molecule has 18 heteroatoms. The van der Waals surface area contributed by atoms with Crippen molar-refractivity contribution in [3.8, 4) is 11.1 Å². The molecule has 512 valence electrons. The molecule has 0 aliphatic rings. The molecule has 0 aromatic heterocycles. The van der Waals surface area contributed by atoms with Crippen LogP contribution in [0.2, 0.25) is 21.1 Å². The second-order valence-electron chi connectivity index (χ2n) is 26.7. The highest BCUT2D eigenvalue weighted by Crippen LogP contribution is 2.49. The van der Waals surface area contributed by atoms with Crippen molar-refractivity contribution in [1.82, 2.24) is 0 Å². The number of hydrogen-bond donors (Lipinski definition) is 0. The number of benzene rings is 2. The van der Waals surface area contributed by atoms with E-state index in [4.69, 9.17) is 0 Å². The van der Waals surface area contributed by atoms with E-state index in [1.165, 1.54) is 128 Å². The maximum absolute atomic E-state index is 13.8. The zero-order valence-corrected chi connectivity index (χ0v) is 58.3. The minimum atomic E-state index is -5.83. The summed E-state index contributed by atoms with van der Waals surface area (Å²) in [5.41, 5.74) is -12.9. The summed E-state index contributed by atoms with van der Waals surface area (Å²) in [4.78, 5) is 0. The summed E-state index contributed by atoms with van der Waals surface area (Å²) in [7, 11) is -1.85. The van der Waals surface area contributed by atoms with Gasteiger partial charge in [0, 0.05) is 5.56 Å². The summed E-state index contributed by atoms with van der Waals surface area (Å²) in [6.07, 6.45) is 24.3. The van der Waals surface area contributed by atoms with Crippen LogP contribution in [0.25, 0.3) is 11.1 Å². The molecule has 0 radical (unpaired) electrons. The lowest BCUT2D eigenvalue weighted by Gasteiger charge is -2.45. The largest absolute Gasteiger partial charge is 0.493 e. The third-order valence-corrected chi connectivity index (χ3v) is 27.6. The van der Waals surface area contributed by atoms with Crippen LogP contribution in [0.5, 0.6) is 0 Å². The molecule has 2 aromatic rings. The van der Waals surface area contributed by atoms with E-state index in [1.807, 2.05) is 0 Å². The van der Waals surface area contributed by atoms with Crippen molar-refractivity contribution in [3.05, 3.63) is 57.7 Å². The quantitative estimate of drug-likeness (QED) is 0.0155. The van der Waals surface area contributed by atoms with E-state index < -0.39 is 108 Å². The predicted octanol–water partition coefficient (Wildman–Crippen LogP) is 27.5. The molecule has 0 nitrogen and oxygen atoms in total. The Kier molecular flexibility index (Phi) is 43.1. The minimum Gasteiger partial charge on any atom is -0.203 e. The molecule has 9 atom stereocenters. The van der Waals surface area contributed by atoms with Crippen molar-refractivity contribution in [2.24, 2.45) is 47.3 Å². The minimum absolute atomic E-state index is 0.0281. The zero-order valence-electron chi connectivity index (χ0n) is 55.9. The van der Waals surface area contributed by atoms with Crippen molar-refractivity contribution in [2.75, 3.05) is 6.16 Å². The van der Waals surface area contributed by atoms with Gasteiger partial charge in [-0.1, -0.05) is 274 Å². The Bertz CT molecular complexity index is 2010. The molecular weight excluding hydrogens is 1190 g/mol. The Hall–Kier alpha value is -1.72. The number of hydrogen-bond acceptors (Lipinski definition) is 0. The van der Waals surface area contributed by atoms with E-state index in [2.05, 4.69) is 90.0 Å². The Morgan fingerprint density at radius 1 is 0.345 bits per heavy atom. The topological polar surface area (TPSA) is 0 Å². The molecule has 2 rings (SSSR count). The molecule has 0 amide bonds. The monoisotopic (exact) mass is 1310 g/mol. The lowest BCUT2D eigenvalue weighted by molar-refractivity contribution is -0.239. The summed E-state index contributed by atoms with van der Waals surface area (Å²) in [6.45, 7) is 32.6. The van der Waals surface area contributed by atoms with Crippen molar-refractivity contribution in [3.63, 3.8) is 0 Å². The van der Waals surface area contributed by atoms with E-state index in [9.17, 15) is 70.2 Å². The lowest BCUT2D eigenvalue weighted by Crippen LogP contribution is -2.41. The summed E-state index contributed by atoms with van der Waals surface area (Å²) < 4.78 is 207. The number of unbranched alkanes of at least 4 members (excludes halogenated alkanes) is 6. The van der Waals surface area contributed by atoms with Crippen LogP contribution in [-0.2, 0) is 6.18 Å². The Labute approximate surface area is 521 Å². The van der Waals surface area contributed by atoms with Gasteiger partial charge in [-0.3, -0.25) is 0 Å². The number of halogens is 16. The predicted molar refractivity (Wildman–Crippen MR) is 338 cm³/mol. The number of alkyl halides is 8. The highest BCUT2D eigenvalue weighted by Gasteiger charge is 2.62. The molecule has 0 heterocycles. The molecule has 2 aromatic carbocycles. The fourth-order valence-corrected chi connectivity index (χ4v) is 24.1. The van der Waals surface area contributed by atoms with Gasteiger partial charge in [0.1, 0.15) is 18.6 Å². The Balaban J connectivity index is 0.00000146. The summed E-state index contributed by atoms with van der Waals surface area (Å²) in [6, 6.07) is 0. The second-order valence-corrected chi connectivity index (χ2v) is 33.7. The van der Waals surface area contributed by atoms with E-state index >= 15 is 0 Å². The fraction of sp³-hybridized carbons (Fsp3) is 0.826. The third kappa shape index (κ3) is 30.7. The first-order valence-electron chi connectivity index (χ1n) is 33.9. The van der Waals surface area contributed by atoms with Crippen molar-refractivity contribution in [1.29, 1.82) is 0 Å². The van der Waals surface area contributed by atoms with Crippen molar-refractivity contribution >= 4 is 21.7 Å². The van der Waals surface area contributed by atoms with Gasteiger partial charge in [-0.05, 0) is 49.0 Å². The lowest BCUT2D eigenvalue weighted by atomic mass is 9.92. The molecule has 0 spiro atoms. The molecule has 0 saturated carbocycles.